The number of hydrogen-bond donors (Lipinski definition) is 3. The molecule has 0 atom stereocenters. The molecule has 0 radical (unpaired) electrons. The molecule has 2 aliphatic rings. The Hall–Kier alpha value is -2.80. The van der Waals surface area contributed by atoms with Crippen LogP contribution in [0.4, 0.5) is 23.4 Å². The van der Waals surface area contributed by atoms with Crippen LogP contribution in [0.1, 0.15) is 71.8 Å². The van der Waals surface area contributed by atoms with Gasteiger partial charge < -0.3 is 20.6 Å². The quantitative estimate of drug-likeness (QED) is 0.451. The van der Waals surface area contributed by atoms with Crippen LogP contribution >= 0.6 is 11.3 Å². The van der Waals surface area contributed by atoms with E-state index in [0.29, 0.717) is 11.3 Å². The van der Waals surface area contributed by atoms with Gasteiger partial charge in [0, 0.05) is 37.4 Å². The van der Waals surface area contributed by atoms with E-state index in [1.54, 1.807) is 0 Å². The van der Waals surface area contributed by atoms with Gasteiger partial charge in [-0.15, -0.1) is 11.3 Å². The molecular weight excluding hydrogens is 514 g/mol. The molecule has 3 heterocycles. The van der Waals surface area contributed by atoms with Crippen molar-refractivity contribution in [2.24, 2.45) is 0 Å². The zero-order valence-corrected chi connectivity index (χ0v) is 21.3. The predicted octanol–water partition coefficient (Wildman–Crippen LogP) is 4.26. The van der Waals surface area contributed by atoms with Crippen LogP contribution in [0.5, 0.6) is 0 Å². The number of carbonyl (C=O) groups excluding carboxylic acids is 2. The number of thiazole rings is 1. The van der Waals surface area contributed by atoms with Gasteiger partial charge in [-0.3, -0.25) is 9.59 Å². The molecule has 2 amide bonds. The monoisotopic (exact) mass is 543 g/mol. The molecule has 8 nitrogen and oxygen atoms in total. The van der Waals surface area contributed by atoms with Gasteiger partial charge in [0.25, 0.3) is 11.8 Å². The number of aliphatic hydroxyl groups is 1. The molecule has 1 saturated heterocycles. The summed E-state index contributed by atoms with van der Waals surface area (Å²) in [4.78, 5) is 35.5. The van der Waals surface area contributed by atoms with E-state index in [1.165, 1.54) is 18.7 Å². The van der Waals surface area contributed by atoms with E-state index >= 15 is 0 Å². The van der Waals surface area contributed by atoms with Crippen LogP contribution in [0.15, 0.2) is 12.3 Å². The highest BCUT2D eigenvalue weighted by atomic mass is 32.1. The third-order valence-corrected chi connectivity index (χ3v) is 7.42. The Bertz CT molecular complexity index is 1150. The van der Waals surface area contributed by atoms with Gasteiger partial charge in [-0.25, -0.2) is 14.4 Å². The van der Waals surface area contributed by atoms with Crippen molar-refractivity contribution in [1.82, 2.24) is 20.2 Å². The number of aromatic nitrogens is 2. The van der Waals surface area contributed by atoms with Gasteiger partial charge in [-0.1, -0.05) is 0 Å². The van der Waals surface area contributed by atoms with Crippen LogP contribution in [0.25, 0.3) is 10.4 Å². The summed E-state index contributed by atoms with van der Waals surface area (Å²) in [5.41, 5.74) is -2.92. The molecular formula is C24H29F4N5O3S. The molecule has 2 aromatic heterocycles. The maximum Gasteiger partial charge on any atom is 0.417 e. The van der Waals surface area contributed by atoms with Gasteiger partial charge in [0.05, 0.1) is 16.0 Å². The zero-order chi connectivity index (χ0) is 27.0. The minimum Gasteiger partial charge on any atom is -0.389 e. The molecule has 1 saturated carbocycles. The predicted molar refractivity (Wildman–Crippen MR) is 130 cm³/mol. The topological polar surface area (TPSA) is 107 Å². The average molecular weight is 544 g/mol. The summed E-state index contributed by atoms with van der Waals surface area (Å²) < 4.78 is 56.2. The van der Waals surface area contributed by atoms with Crippen LogP contribution in [-0.4, -0.2) is 69.2 Å². The van der Waals surface area contributed by atoms with E-state index in [1.807, 2.05) is 0 Å². The summed E-state index contributed by atoms with van der Waals surface area (Å²) in [6.45, 7) is 3.00. The maximum absolute atomic E-state index is 14.2. The molecule has 0 bridgehead atoms. The Morgan fingerprint density at radius 1 is 1.19 bits per heavy atom. The van der Waals surface area contributed by atoms with Crippen LogP contribution in [0.2, 0.25) is 0 Å². The van der Waals surface area contributed by atoms with Gasteiger partial charge in [0.15, 0.2) is 5.01 Å². The highest BCUT2D eigenvalue weighted by Gasteiger charge is 2.38. The van der Waals surface area contributed by atoms with Crippen LogP contribution < -0.4 is 10.6 Å². The largest absolute Gasteiger partial charge is 0.417 e. The van der Waals surface area contributed by atoms with Crippen LogP contribution in [0, 0.1) is 0 Å². The van der Waals surface area contributed by atoms with Crippen LogP contribution in [0.3, 0.4) is 0 Å². The number of halogens is 4. The fourth-order valence-corrected chi connectivity index (χ4v) is 5.03. The van der Waals surface area contributed by atoms with Gasteiger partial charge in [0.2, 0.25) is 0 Å². The van der Waals surface area contributed by atoms with Gasteiger partial charge in [0.1, 0.15) is 17.7 Å². The lowest BCUT2D eigenvalue weighted by atomic mass is 9.93. The molecule has 13 heteroatoms. The van der Waals surface area contributed by atoms with E-state index in [0.717, 1.165) is 31.5 Å². The van der Waals surface area contributed by atoms with E-state index in [9.17, 15) is 32.3 Å². The Morgan fingerprint density at radius 3 is 2.43 bits per heavy atom. The normalized spacial score (nSPS) is 17.4. The van der Waals surface area contributed by atoms with Crippen molar-refractivity contribution in [1.29, 1.82) is 0 Å². The second kappa shape index (κ2) is 10.5. The lowest BCUT2D eigenvalue weighted by molar-refractivity contribution is -0.137. The van der Waals surface area contributed by atoms with Crippen molar-refractivity contribution < 1.29 is 32.3 Å². The Balaban J connectivity index is 1.74. The third kappa shape index (κ3) is 6.56. The van der Waals surface area contributed by atoms with Gasteiger partial charge >= 0.3 is 6.18 Å². The SMILES string of the molecule is CC(C)(O)CNC(=O)c1nc(C(=O)N2CCC(F)CC2)c(-c2cnc(NC3CCC3)cc2C(F)(F)F)s1. The number of hydrogen-bond acceptors (Lipinski definition) is 7. The second-order valence-corrected chi connectivity index (χ2v) is 11.0. The van der Waals surface area contributed by atoms with E-state index in [2.05, 4.69) is 20.6 Å². The molecule has 202 valence electrons. The van der Waals surface area contributed by atoms with Crippen molar-refractivity contribution in [3.8, 4) is 10.4 Å². The summed E-state index contributed by atoms with van der Waals surface area (Å²) in [6, 6.07) is 0.967. The summed E-state index contributed by atoms with van der Waals surface area (Å²) in [5.74, 6) is -1.34. The summed E-state index contributed by atoms with van der Waals surface area (Å²) in [6.07, 6.45) is -1.88. The first-order chi connectivity index (χ1) is 17.3. The van der Waals surface area contributed by atoms with E-state index in [-0.39, 0.29) is 65.5 Å². The number of likely N-dealkylation sites (tertiary alicyclic amines) is 1. The second-order valence-electron chi connectivity index (χ2n) is 10.0. The Labute approximate surface area is 215 Å². The maximum atomic E-state index is 14.2. The van der Waals surface area contributed by atoms with E-state index in [4.69, 9.17) is 0 Å². The van der Waals surface area contributed by atoms with Gasteiger partial charge in [-0.05, 0) is 52.0 Å². The highest BCUT2D eigenvalue weighted by Crippen LogP contribution is 2.42. The number of anilines is 1. The fourth-order valence-electron chi connectivity index (χ4n) is 4.03. The molecule has 3 N–H and O–H groups in total. The average Bonchev–Trinajstić information content (AvgIpc) is 3.24. The van der Waals surface area contributed by atoms with Crippen molar-refractivity contribution in [2.75, 3.05) is 25.0 Å². The van der Waals surface area contributed by atoms with Crippen molar-refractivity contribution in [2.45, 2.75) is 69.9 Å². The van der Waals surface area contributed by atoms with Gasteiger partial charge in [-0.2, -0.15) is 13.2 Å². The highest BCUT2D eigenvalue weighted by molar-refractivity contribution is 7.17. The summed E-state index contributed by atoms with van der Waals surface area (Å²) >= 11 is 0.643. The molecule has 0 aromatic carbocycles. The summed E-state index contributed by atoms with van der Waals surface area (Å²) in [5, 5.41) is 15.2. The fraction of sp³-hybridized carbons (Fsp3) is 0.583. The minimum absolute atomic E-state index is 0.0597. The Kier molecular flexibility index (Phi) is 7.75. The minimum atomic E-state index is -4.77. The standard InChI is InChI=1S/C24H29F4N5O3S/c1-23(2,36)12-30-20(34)21-32-18(22(35)33-8-6-13(25)7-9-33)19(37-21)15-11-29-17(31-14-4-3-5-14)10-16(15)24(26,27)28/h10-11,13-14,36H,3-9,12H2,1-2H3,(H,29,31)(H,30,34). The number of rotatable bonds is 7. The first kappa shape index (κ1) is 27.2. The van der Waals surface area contributed by atoms with Crippen molar-refractivity contribution in [3.05, 3.63) is 28.5 Å². The number of alkyl halides is 4. The molecule has 2 fully saturated rings. The lowest BCUT2D eigenvalue weighted by Gasteiger charge is -2.28. The number of carbonyl (C=O) groups is 2. The number of nitrogens with one attached hydrogen (secondary N) is 2. The first-order valence-corrected chi connectivity index (χ1v) is 12.9. The molecule has 4 rings (SSSR count). The first-order valence-electron chi connectivity index (χ1n) is 12.1. The number of amides is 2. The van der Waals surface area contributed by atoms with E-state index < -0.39 is 35.3 Å². The third-order valence-electron chi connectivity index (χ3n) is 6.33. The zero-order valence-electron chi connectivity index (χ0n) is 20.5. The molecule has 0 spiro atoms. The number of pyridine rings is 1. The molecule has 37 heavy (non-hydrogen) atoms. The summed E-state index contributed by atoms with van der Waals surface area (Å²) in [7, 11) is 0. The molecule has 0 unspecified atom stereocenters. The number of nitrogens with zero attached hydrogens (tertiary/aromatic N) is 3. The smallest absolute Gasteiger partial charge is 0.389 e. The van der Waals surface area contributed by atoms with Crippen molar-refractivity contribution >= 4 is 29.0 Å². The van der Waals surface area contributed by atoms with Crippen LogP contribution in [-0.2, 0) is 6.18 Å². The lowest BCUT2D eigenvalue weighted by Crippen LogP contribution is -2.39. The Morgan fingerprint density at radius 2 is 1.86 bits per heavy atom. The molecule has 2 aromatic rings. The molecule has 1 aliphatic heterocycles. The molecule has 1 aliphatic carbocycles. The van der Waals surface area contributed by atoms with Crippen molar-refractivity contribution in [3.63, 3.8) is 0 Å². The number of piperidine rings is 1.